The number of carbonyl (C=O) groups excluding carboxylic acids is 4. The second-order valence-electron chi connectivity index (χ2n) is 8.00. The van der Waals surface area contributed by atoms with Crippen LogP contribution in [0.15, 0.2) is 48.5 Å². The van der Waals surface area contributed by atoms with E-state index in [9.17, 15) is 19.2 Å². The maximum absolute atomic E-state index is 13.2. The van der Waals surface area contributed by atoms with Gasteiger partial charge in [0.25, 0.3) is 5.91 Å². The molecule has 0 heterocycles. The lowest BCUT2D eigenvalue weighted by atomic mass is 10.0. The van der Waals surface area contributed by atoms with Crippen LogP contribution in [0.25, 0.3) is 0 Å². The molecule has 0 fully saturated rings. The van der Waals surface area contributed by atoms with Crippen molar-refractivity contribution in [1.82, 2.24) is 21.5 Å². The molecule has 0 saturated heterocycles. The van der Waals surface area contributed by atoms with Crippen molar-refractivity contribution in [3.05, 3.63) is 64.7 Å². The van der Waals surface area contributed by atoms with E-state index in [0.29, 0.717) is 28.3 Å². The number of hydrogen-bond donors (Lipinski definition) is 6. The van der Waals surface area contributed by atoms with Crippen LogP contribution in [0.5, 0.6) is 5.75 Å². The van der Waals surface area contributed by atoms with Crippen molar-refractivity contribution in [2.45, 2.75) is 44.3 Å². The third-order valence-electron chi connectivity index (χ3n) is 5.28. The Bertz CT molecular complexity index is 1070. The molecule has 2 aromatic carbocycles. The van der Waals surface area contributed by atoms with Gasteiger partial charge in [-0.3, -0.25) is 19.8 Å². The molecule has 0 aliphatic heterocycles. The maximum atomic E-state index is 13.2. The van der Waals surface area contributed by atoms with Crippen molar-refractivity contribution in [3.8, 4) is 5.75 Å². The number of hydrogen-bond acceptors (Lipinski definition) is 6. The standard InChI is InChI=1S/C24H31ClN6O5/c1-3-18(26)22(33)30-31-24(35)29-20(12-14-7-9-16(25)10-8-14)23(34)28-19(21(27)32)13-15-5-4-6-17(11-15)36-2/h4-11,18-20H,3,12-13,26H2,1-2H3,(H2,27,32)(H,28,34)(H,30,33)(H2,29,31,35)/t18-,19+,20+/m1/s1. The normalized spacial score (nSPS) is 13.0. The minimum atomic E-state index is -1.12. The molecule has 0 bridgehead atoms. The van der Waals surface area contributed by atoms with Crippen LogP contribution in [0.1, 0.15) is 24.5 Å². The van der Waals surface area contributed by atoms with E-state index in [4.69, 9.17) is 27.8 Å². The Morgan fingerprint density at radius 1 is 0.917 bits per heavy atom. The molecule has 0 radical (unpaired) electrons. The van der Waals surface area contributed by atoms with Crippen LogP contribution in [0.4, 0.5) is 4.79 Å². The third-order valence-corrected chi connectivity index (χ3v) is 5.54. The Labute approximate surface area is 214 Å². The third kappa shape index (κ3) is 9.08. The minimum Gasteiger partial charge on any atom is -0.497 e. The lowest BCUT2D eigenvalue weighted by Gasteiger charge is -2.23. The van der Waals surface area contributed by atoms with Crippen LogP contribution >= 0.6 is 11.6 Å². The number of amides is 5. The fraction of sp³-hybridized carbons (Fsp3) is 0.333. The van der Waals surface area contributed by atoms with Gasteiger partial charge in [-0.05, 0) is 41.8 Å². The summed E-state index contributed by atoms with van der Waals surface area (Å²) < 4.78 is 5.19. The van der Waals surface area contributed by atoms with Gasteiger partial charge in [0.05, 0.1) is 13.2 Å². The van der Waals surface area contributed by atoms with Crippen molar-refractivity contribution < 1.29 is 23.9 Å². The number of urea groups is 1. The Hall–Kier alpha value is -3.83. The van der Waals surface area contributed by atoms with E-state index in [1.165, 1.54) is 7.11 Å². The predicted octanol–water partition coefficient (Wildman–Crippen LogP) is 0.540. The molecule has 0 aromatic heterocycles. The second-order valence-corrected chi connectivity index (χ2v) is 8.44. The molecule has 0 saturated carbocycles. The lowest BCUT2D eigenvalue weighted by molar-refractivity contribution is -0.128. The Kier molecular flexibility index (Phi) is 11.0. The minimum absolute atomic E-state index is 0.0729. The number of hydrazine groups is 1. The summed E-state index contributed by atoms with van der Waals surface area (Å²) in [6.45, 7) is 1.72. The first-order valence-corrected chi connectivity index (χ1v) is 11.6. The predicted molar refractivity (Wildman–Crippen MR) is 135 cm³/mol. The molecule has 0 spiro atoms. The molecule has 0 aliphatic carbocycles. The van der Waals surface area contributed by atoms with Gasteiger partial charge >= 0.3 is 6.03 Å². The topological polar surface area (TPSA) is 178 Å². The summed E-state index contributed by atoms with van der Waals surface area (Å²) in [5.41, 5.74) is 16.9. The SMILES string of the molecule is CC[C@@H](N)C(=O)NNC(=O)N[C@@H](Cc1ccc(Cl)cc1)C(=O)N[C@@H](Cc1cccc(OC)c1)C(N)=O. The molecule has 36 heavy (non-hydrogen) atoms. The van der Waals surface area contributed by atoms with Crippen LogP contribution in [0.3, 0.4) is 0 Å². The van der Waals surface area contributed by atoms with Crippen LogP contribution < -0.4 is 37.7 Å². The van der Waals surface area contributed by atoms with E-state index in [2.05, 4.69) is 21.5 Å². The first-order valence-electron chi connectivity index (χ1n) is 11.2. The van der Waals surface area contributed by atoms with Gasteiger partial charge in [0, 0.05) is 17.9 Å². The zero-order chi connectivity index (χ0) is 26.7. The van der Waals surface area contributed by atoms with E-state index in [1.54, 1.807) is 55.5 Å². The van der Waals surface area contributed by atoms with E-state index >= 15 is 0 Å². The summed E-state index contributed by atoms with van der Waals surface area (Å²) in [4.78, 5) is 49.5. The van der Waals surface area contributed by atoms with Crippen molar-refractivity contribution in [3.63, 3.8) is 0 Å². The number of halogens is 1. The smallest absolute Gasteiger partial charge is 0.334 e. The van der Waals surface area contributed by atoms with Crippen LogP contribution in [-0.2, 0) is 27.2 Å². The first kappa shape index (κ1) is 28.4. The Balaban J connectivity index is 2.15. The maximum Gasteiger partial charge on any atom is 0.334 e. The van der Waals surface area contributed by atoms with Crippen molar-refractivity contribution in [1.29, 1.82) is 0 Å². The highest BCUT2D eigenvalue weighted by Gasteiger charge is 2.26. The highest BCUT2D eigenvalue weighted by molar-refractivity contribution is 6.30. The fourth-order valence-electron chi connectivity index (χ4n) is 3.19. The number of ether oxygens (including phenoxy) is 1. The molecular formula is C24H31ClN6O5. The summed E-state index contributed by atoms with van der Waals surface area (Å²) >= 11 is 5.94. The molecule has 12 heteroatoms. The highest BCUT2D eigenvalue weighted by Crippen LogP contribution is 2.15. The zero-order valence-corrected chi connectivity index (χ0v) is 20.8. The first-order chi connectivity index (χ1) is 17.1. The number of carbonyl (C=O) groups is 4. The molecule has 2 aromatic rings. The summed E-state index contributed by atoms with van der Waals surface area (Å²) in [6.07, 6.45) is 0.561. The molecular weight excluding hydrogens is 488 g/mol. The number of benzene rings is 2. The fourth-order valence-corrected chi connectivity index (χ4v) is 3.31. The second kappa shape index (κ2) is 13.9. The van der Waals surface area contributed by atoms with Crippen molar-refractivity contribution in [2.24, 2.45) is 11.5 Å². The summed E-state index contributed by atoms with van der Waals surface area (Å²) in [6, 6.07) is 9.88. The van der Waals surface area contributed by atoms with E-state index in [1.807, 2.05) is 0 Å². The molecule has 0 unspecified atom stereocenters. The summed E-state index contributed by atoms with van der Waals surface area (Å²) in [5, 5.41) is 5.60. The van der Waals surface area contributed by atoms with Gasteiger partial charge in [-0.15, -0.1) is 0 Å². The van der Waals surface area contributed by atoms with Crippen LogP contribution in [0.2, 0.25) is 5.02 Å². The average molecular weight is 519 g/mol. The largest absolute Gasteiger partial charge is 0.497 e. The summed E-state index contributed by atoms with van der Waals surface area (Å²) in [5.74, 6) is -1.39. The molecule has 0 aliphatic rings. The van der Waals surface area contributed by atoms with Crippen LogP contribution in [0, 0.1) is 0 Å². The highest BCUT2D eigenvalue weighted by atomic mass is 35.5. The van der Waals surface area contributed by atoms with E-state index in [0.717, 1.165) is 0 Å². The van der Waals surface area contributed by atoms with Crippen molar-refractivity contribution >= 4 is 35.4 Å². The van der Waals surface area contributed by atoms with E-state index in [-0.39, 0.29) is 12.8 Å². The number of methoxy groups -OCH3 is 1. The molecule has 194 valence electrons. The van der Waals surface area contributed by atoms with Crippen molar-refractivity contribution in [2.75, 3.05) is 7.11 Å². The number of nitrogens with one attached hydrogen (secondary N) is 4. The zero-order valence-electron chi connectivity index (χ0n) is 20.0. The molecule has 5 amide bonds. The van der Waals surface area contributed by atoms with Crippen LogP contribution in [-0.4, -0.2) is 49.0 Å². The number of primary amides is 1. The van der Waals surface area contributed by atoms with Gasteiger partial charge in [-0.25, -0.2) is 10.2 Å². The van der Waals surface area contributed by atoms with Gasteiger partial charge < -0.3 is 26.8 Å². The summed E-state index contributed by atoms with van der Waals surface area (Å²) in [7, 11) is 1.52. The number of nitrogens with two attached hydrogens (primary N) is 2. The molecule has 3 atom stereocenters. The van der Waals surface area contributed by atoms with E-state index < -0.39 is 41.9 Å². The van der Waals surface area contributed by atoms with Gasteiger partial charge in [0.2, 0.25) is 11.8 Å². The van der Waals surface area contributed by atoms with Gasteiger partial charge in [-0.2, -0.15) is 0 Å². The quantitative estimate of drug-likeness (QED) is 0.236. The molecule has 8 N–H and O–H groups in total. The number of rotatable bonds is 11. The molecule has 2 rings (SSSR count). The van der Waals surface area contributed by atoms with Gasteiger partial charge in [0.1, 0.15) is 17.8 Å². The monoisotopic (exact) mass is 518 g/mol. The van der Waals surface area contributed by atoms with Gasteiger partial charge in [0.15, 0.2) is 0 Å². The molecule has 11 nitrogen and oxygen atoms in total. The lowest BCUT2D eigenvalue weighted by Crippen LogP contribution is -2.58. The Morgan fingerprint density at radius 3 is 2.19 bits per heavy atom. The average Bonchev–Trinajstić information content (AvgIpc) is 2.87. The Morgan fingerprint density at radius 2 is 1.58 bits per heavy atom. The van der Waals surface area contributed by atoms with Gasteiger partial charge in [-0.1, -0.05) is 42.8 Å².